The second kappa shape index (κ2) is 6.30. The zero-order valence-corrected chi connectivity index (χ0v) is 12.2. The zero-order valence-electron chi connectivity index (χ0n) is 12.2. The van der Waals surface area contributed by atoms with Crippen LogP contribution in [-0.4, -0.2) is 29.9 Å². The molecular weight excluding hydrogens is 268 g/mol. The topological polar surface area (TPSA) is 100 Å². The number of hydrogen-bond donors (Lipinski definition) is 4. The van der Waals surface area contributed by atoms with E-state index < -0.39 is 0 Å². The van der Waals surface area contributed by atoms with E-state index in [0.717, 1.165) is 10.9 Å². The summed E-state index contributed by atoms with van der Waals surface area (Å²) in [6.45, 7) is 4.58. The van der Waals surface area contributed by atoms with E-state index in [0.29, 0.717) is 23.8 Å². The fourth-order valence-corrected chi connectivity index (χ4v) is 1.91. The van der Waals surface area contributed by atoms with Gasteiger partial charge in [0.1, 0.15) is 5.69 Å². The minimum absolute atomic E-state index is 0.0386. The van der Waals surface area contributed by atoms with Gasteiger partial charge in [-0.2, -0.15) is 0 Å². The minimum atomic E-state index is -0.315. The third-order valence-electron chi connectivity index (χ3n) is 3.01. The summed E-state index contributed by atoms with van der Waals surface area (Å²) in [6.07, 6.45) is 0. The van der Waals surface area contributed by atoms with Crippen LogP contribution < -0.4 is 16.4 Å². The van der Waals surface area contributed by atoms with Crippen LogP contribution in [0.2, 0.25) is 0 Å². The molecule has 5 N–H and O–H groups in total. The van der Waals surface area contributed by atoms with Gasteiger partial charge in [-0.1, -0.05) is 13.8 Å². The van der Waals surface area contributed by atoms with E-state index in [1.165, 1.54) is 0 Å². The Balaban J connectivity index is 1.94. The molecule has 6 heteroatoms. The number of aromatic amines is 1. The van der Waals surface area contributed by atoms with Crippen molar-refractivity contribution < 1.29 is 9.59 Å². The van der Waals surface area contributed by atoms with Gasteiger partial charge in [-0.05, 0) is 30.2 Å². The second-order valence-corrected chi connectivity index (χ2v) is 5.41. The molecule has 2 aromatic rings. The van der Waals surface area contributed by atoms with Crippen molar-refractivity contribution in [1.29, 1.82) is 0 Å². The lowest BCUT2D eigenvalue weighted by Gasteiger charge is -2.08. The summed E-state index contributed by atoms with van der Waals surface area (Å²) in [4.78, 5) is 26.5. The van der Waals surface area contributed by atoms with Gasteiger partial charge in [-0.3, -0.25) is 9.59 Å². The van der Waals surface area contributed by atoms with Crippen molar-refractivity contribution >= 4 is 28.4 Å². The number of fused-ring (bicyclic) bond motifs is 1. The molecule has 0 aliphatic carbocycles. The summed E-state index contributed by atoms with van der Waals surface area (Å²) in [5, 5.41) is 6.19. The average molecular weight is 288 g/mol. The lowest BCUT2D eigenvalue weighted by Crippen LogP contribution is -2.38. The standard InChI is InChI=1S/C15H20N4O2/c1-9(2)7-17-14(20)8-18-15(21)13-6-10-5-11(16)3-4-12(10)19-13/h3-6,9,19H,7-8,16H2,1-2H3,(H,17,20)(H,18,21). The van der Waals surface area contributed by atoms with Crippen molar-refractivity contribution in [3.05, 3.63) is 30.0 Å². The number of rotatable bonds is 5. The van der Waals surface area contributed by atoms with Crippen LogP contribution >= 0.6 is 0 Å². The molecule has 1 aromatic heterocycles. The first-order valence-electron chi connectivity index (χ1n) is 6.89. The smallest absolute Gasteiger partial charge is 0.268 e. The van der Waals surface area contributed by atoms with Crippen LogP contribution in [-0.2, 0) is 4.79 Å². The number of carbonyl (C=O) groups is 2. The Kier molecular flexibility index (Phi) is 4.47. The fraction of sp³-hybridized carbons (Fsp3) is 0.333. The van der Waals surface area contributed by atoms with E-state index in [1.54, 1.807) is 18.2 Å². The molecule has 0 radical (unpaired) electrons. The van der Waals surface area contributed by atoms with Gasteiger partial charge < -0.3 is 21.4 Å². The van der Waals surface area contributed by atoms with Gasteiger partial charge in [0.25, 0.3) is 5.91 Å². The zero-order chi connectivity index (χ0) is 15.4. The number of H-pyrrole nitrogens is 1. The summed E-state index contributed by atoms with van der Waals surface area (Å²) in [5.41, 5.74) is 7.58. The number of anilines is 1. The normalized spacial score (nSPS) is 10.8. The van der Waals surface area contributed by atoms with E-state index in [-0.39, 0.29) is 18.4 Å². The quantitative estimate of drug-likeness (QED) is 0.623. The van der Waals surface area contributed by atoms with Crippen LogP contribution in [0.25, 0.3) is 10.9 Å². The first-order chi connectivity index (χ1) is 9.95. The van der Waals surface area contributed by atoms with Crippen molar-refractivity contribution in [2.75, 3.05) is 18.8 Å². The molecule has 21 heavy (non-hydrogen) atoms. The Labute approximate surface area is 123 Å². The molecule has 0 saturated carbocycles. The molecule has 0 bridgehead atoms. The number of aromatic nitrogens is 1. The molecule has 1 heterocycles. The molecule has 0 fully saturated rings. The maximum Gasteiger partial charge on any atom is 0.268 e. The van der Waals surface area contributed by atoms with Crippen LogP contribution in [0.5, 0.6) is 0 Å². The summed E-state index contributed by atoms with van der Waals surface area (Å²) < 4.78 is 0. The maximum atomic E-state index is 12.0. The van der Waals surface area contributed by atoms with Gasteiger partial charge in [0, 0.05) is 23.1 Å². The molecule has 6 nitrogen and oxygen atoms in total. The molecule has 0 aliphatic heterocycles. The molecule has 2 rings (SSSR count). The first-order valence-corrected chi connectivity index (χ1v) is 6.89. The van der Waals surface area contributed by atoms with Crippen molar-refractivity contribution in [1.82, 2.24) is 15.6 Å². The largest absolute Gasteiger partial charge is 0.399 e. The predicted octanol–water partition coefficient (Wildman–Crippen LogP) is 1.25. The second-order valence-electron chi connectivity index (χ2n) is 5.41. The Morgan fingerprint density at radius 3 is 2.71 bits per heavy atom. The number of hydrogen-bond acceptors (Lipinski definition) is 3. The molecule has 0 unspecified atom stereocenters. The highest BCUT2D eigenvalue weighted by atomic mass is 16.2. The minimum Gasteiger partial charge on any atom is -0.399 e. The Hall–Kier alpha value is -2.50. The van der Waals surface area contributed by atoms with Gasteiger partial charge in [0.05, 0.1) is 6.54 Å². The van der Waals surface area contributed by atoms with Crippen LogP contribution in [0.4, 0.5) is 5.69 Å². The van der Waals surface area contributed by atoms with Crippen molar-refractivity contribution in [2.24, 2.45) is 5.92 Å². The molecule has 0 aliphatic rings. The number of benzene rings is 1. The van der Waals surface area contributed by atoms with Gasteiger partial charge in [0.15, 0.2) is 0 Å². The number of amides is 2. The molecule has 0 spiro atoms. The number of carbonyl (C=O) groups excluding carboxylic acids is 2. The highest BCUT2D eigenvalue weighted by molar-refractivity contribution is 5.99. The first kappa shape index (κ1) is 14.9. The summed E-state index contributed by atoms with van der Waals surface area (Å²) in [5.74, 6) is -0.134. The van der Waals surface area contributed by atoms with E-state index in [2.05, 4.69) is 15.6 Å². The van der Waals surface area contributed by atoms with E-state index in [9.17, 15) is 9.59 Å². The Morgan fingerprint density at radius 1 is 1.24 bits per heavy atom. The summed E-state index contributed by atoms with van der Waals surface area (Å²) in [6, 6.07) is 7.08. The maximum absolute atomic E-state index is 12.0. The van der Waals surface area contributed by atoms with Crippen LogP contribution in [0.15, 0.2) is 24.3 Å². The van der Waals surface area contributed by atoms with E-state index >= 15 is 0 Å². The van der Waals surface area contributed by atoms with Gasteiger partial charge >= 0.3 is 0 Å². The van der Waals surface area contributed by atoms with Gasteiger partial charge in [-0.25, -0.2) is 0 Å². The number of nitrogens with one attached hydrogen (secondary N) is 3. The molecule has 1 aromatic carbocycles. The van der Waals surface area contributed by atoms with Crippen LogP contribution in [0.3, 0.4) is 0 Å². The predicted molar refractivity (Wildman–Crippen MR) is 82.9 cm³/mol. The fourth-order valence-electron chi connectivity index (χ4n) is 1.91. The van der Waals surface area contributed by atoms with E-state index in [4.69, 9.17) is 5.73 Å². The molecule has 2 amide bonds. The Morgan fingerprint density at radius 2 is 2.00 bits per heavy atom. The van der Waals surface area contributed by atoms with Crippen molar-refractivity contribution in [2.45, 2.75) is 13.8 Å². The SMILES string of the molecule is CC(C)CNC(=O)CNC(=O)c1cc2cc(N)ccc2[nH]1. The third kappa shape index (κ3) is 3.98. The molecular formula is C15H20N4O2. The van der Waals surface area contributed by atoms with Gasteiger partial charge in [-0.15, -0.1) is 0 Å². The van der Waals surface area contributed by atoms with Crippen molar-refractivity contribution in [3.8, 4) is 0 Å². The van der Waals surface area contributed by atoms with Gasteiger partial charge in [0.2, 0.25) is 5.91 Å². The highest BCUT2D eigenvalue weighted by Crippen LogP contribution is 2.18. The highest BCUT2D eigenvalue weighted by Gasteiger charge is 2.11. The number of nitrogen functional groups attached to an aromatic ring is 1. The molecule has 0 saturated heterocycles. The average Bonchev–Trinajstić information content (AvgIpc) is 2.85. The lowest BCUT2D eigenvalue weighted by atomic mass is 10.2. The molecule has 0 atom stereocenters. The summed E-state index contributed by atoms with van der Waals surface area (Å²) >= 11 is 0. The Bertz CT molecular complexity index is 661. The van der Waals surface area contributed by atoms with Crippen LogP contribution in [0, 0.1) is 5.92 Å². The van der Waals surface area contributed by atoms with E-state index in [1.807, 2.05) is 19.9 Å². The van der Waals surface area contributed by atoms with Crippen molar-refractivity contribution in [3.63, 3.8) is 0 Å². The third-order valence-corrected chi connectivity index (χ3v) is 3.01. The number of nitrogens with two attached hydrogens (primary N) is 1. The molecule has 112 valence electrons. The van der Waals surface area contributed by atoms with Crippen LogP contribution in [0.1, 0.15) is 24.3 Å². The summed E-state index contributed by atoms with van der Waals surface area (Å²) in [7, 11) is 0. The monoisotopic (exact) mass is 288 g/mol. The lowest BCUT2D eigenvalue weighted by molar-refractivity contribution is -0.120.